The topological polar surface area (TPSA) is 79.5 Å². The maximum absolute atomic E-state index is 12.4. The molecule has 1 heterocycles. The molecule has 2 rings (SSSR count). The molecule has 0 saturated carbocycles. The number of aliphatic hydroxyl groups excluding tert-OH is 1. The van der Waals surface area contributed by atoms with Gasteiger partial charge in [0.25, 0.3) is 0 Å². The van der Waals surface area contributed by atoms with Gasteiger partial charge in [-0.2, -0.15) is 0 Å². The van der Waals surface area contributed by atoms with E-state index < -0.39 is 5.97 Å². The number of aromatic nitrogens is 1. The van der Waals surface area contributed by atoms with Crippen molar-refractivity contribution in [2.24, 2.45) is 0 Å². The number of hydrogen-bond donors (Lipinski definition) is 2. The van der Waals surface area contributed by atoms with E-state index in [1.165, 1.54) is 0 Å². The average molecular weight is 273 g/mol. The zero-order valence-corrected chi connectivity index (χ0v) is 10.8. The van der Waals surface area contributed by atoms with Gasteiger partial charge in [-0.1, -0.05) is 30.3 Å². The van der Waals surface area contributed by atoms with E-state index in [0.29, 0.717) is 17.0 Å². The van der Waals surface area contributed by atoms with Gasteiger partial charge in [0, 0.05) is 17.8 Å². The highest BCUT2D eigenvalue weighted by atomic mass is 16.4. The predicted molar refractivity (Wildman–Crippen MR) is 72.7 cm³/mol. The van der Waals surface area contributed by atoms with Gasteiger partial charge in [0.05, 0.1) is 18.7 Å². The van der Waals surface area contributed by atoms with Crippen molar-refractivity contribution in [2.75, 3.05) is 6.61 Å². The Morgan fingerprint density at radius 3 is 2.35 bits per heavy atom. The van der Waals surface area contributed by atoms with Crippen molar-refractivity contribution in [3.05, 3.63) is 59.4 Å². The van der Waals surface area contributed by atoms with E-state index in [2.05, 4.69) is 0 Å². The monoisotopic (exact) mass is 273 g/mol. The number of aliphatic hydroxyl groups is 1. The molecule has 0 fully saturated rings. The van der Waals surface area contributed by atoms with Crippen molar-refractivity contribution < 1.29 is 19.8 Å². The molecule has 0 unspecified atom stereocenters. The molecule has 5 heteroatoms. The lowest BCUT2D eigenvalue weighted by molar-refractivity contribution is -0.136. The Bertz CT molecular complexity index is 616. The Balaban J connectivity index is 2.38. The zero-order chi connectivity index (χ0) is 14.5. The van der Waals surface area contributed by atoms with E-state index in [4.69, 9.17) is 10.2 Å². The highest BCUT2D eigenvalue weighted by Gasteiger charge is 2.17. The maximum atomic E-state index is 12.4. The number of hydrogen-bond acceptors (Lipinski definition) is 3. The molecule has 104 valence electrons. The van der Waals surface area contributed by atoms with Crippen LogP contribution >= 0.6 is 0 Å². The average Bonchev–Trinajstić information content (AvgIpc) is 2.82. The maximum Gasteiger partial charge on any atom is 0.309 e. The lowest BCUT2D eigenvalue weighted by atomic mass is 10.1. The second kappa shape index (κ2) is 6.16. The third-order valence-electron chi connectivity index (χ3n) is 3.00. The summed E-state index contributed by atoms with van der Waals surface area (Å²) in [7, 11) is 0. The first-order valence-electron chi connectivity index (χ1n) is 6.24. The summed E-state index contributed by atoms with van der Waals surface area (Å²) < 4.78 is 1.56. The molecule has 0 aliphatic heterocycles. The number of carboxylic acid groups (broad SMARTS) is 1. The Kier molecular flexibility index (Phi) is 4.32. The van der Waals surface area contributed by atoms with Crippen LogP contribution in [0.3, 0.4) is 0 Å². The highest BCUT2D eigenvalue weighted by Crippen LogP contribution is 2.15. The number of aliphatic carboxylic acids is 1. The third kappa shape index (κ3) is 2.95. The molecular formula is C15H15NO4. The predicted octanol–water partition coefficient (Wildman–Crippen LogP) is 1.34. The van der Waals surface area contributed by atoms with Gasteiger partial charge in [0.15, 0.2) is 0 Å². The molecule has 0 radical (unpaired) electrons. The van der Waals surface area contributed by atoms with E-state index in [1.807, 2.05) is 6.07 Å². The van der Waals surface area contributed by atoms with Crippen LogP contribution < -0.4 is 0 Å². The van der Waals surface area contributed by atoms with Crippen LogP contribution in [0.25, 0.3) is 0 Å². The van der Waals surface area contributed by atoms with E-state index in [-0.39, 0.29) is 25.4 Å². The van der Waals surface area contributed by atoms with E-state index in [0.717, 1.165) is 0 Å². The number of carbonyl (C=O) groups excluding carboxylic acids is 1. The Hall–Kier alpha value is -2.40. The molecule has 0 bridgehead atoms. The molecule has 0 atom stereocenters. The number of ketones is 1. The number of nitrogens with zero attached hydrogens (tertiary/aromatic N) is 1. The fourth-order valence-electron chi connectivity index (χ4n) is 2.12. The van der Waals surface area contributed by atoms with E-state index >= 15 is 0 Å². The fraction of sp³-hybridized carbons (Fsp3) is 0.200. The molecule has 1 aromatic heterocycles. The summed E-state index contributed by atoms with van der Waals surface area (Å²) in [5.41, 5.74) is 1.43. The van der Waals surface area contributed by atoms with Crippen molar-refractivity contribution in [3.63, 3.8) is 0 Å². The van der Waals surface area contributed by atoms with Crippen molar-refractivity contribution in [1.82, 2.24) is 4.57 Å². The first kappa shape index (κ1) is 14.0. The quantitative estimate of drug-likeness (QED) is 0.778. The van der Waals surface area contributed by atoms with E-state index in [9.17, 15) is 9.59 Å². The number of benzene rings is 1. The minimum Gasteiger partial charge on any atom is -0.481 e. The lowest BCUT2D eigenvalue weighted by Gasteiger charge is -2.10. The molecule has 20 heavy (non-hydrogen) atoms. The minimum atomic E-state index is -0.971. The summed E-state index contributed by atoms with van der Waals surface area (Å²) >= 11 is 0. The van der Waals surface area contributed by atoms with Crippen molar-refractivity contribution in [2.45, 2.75) is 13.0 Å². The molecule has 2 aromatic rings. The Labute approximate surface area is 116 Å². The van der Waals surface area contributed by atoms with Crippen LogP contribution in [0.15, 0.2) is 42.5 Å². The molecule has 0 spiro atoms. The van der Waals surface area contributed by atoms with Gasteiger partial charge in [-0.3, -0.25) is 9.59 Å². The number of rotatable bonds is 6. The molecule has 0 saturated heterocycles. The van der Waals surface area contributed by atoms with Gasteiger partial charge >= 0.3 is 5.97 Å². The molecule has 0 aliphatic carbocycles. The van der Waals surface area contributed by atoms with Crippen LogP contribution in [0.1, 0.15) is 21.7 Å². The first-order chi connectivity index (χ1) is 9.63. The van der Waals surface area contributed by atoms with Crippen LogP contribution in [0, 0.1) is 0 Å². The largest absolute Gasteiger partial charge is 0.481 e. The fourth-order valence-corrected chi connectivity index (χ4v) is 2.12. The standard InChI is InChI=1S/C15H15NO4/c17-9-8-16-12(10-14(18)19)6-7-13(16)15(20)11-4-2-1-3-5-11/h1-7,17H,8-10H2,(H,18,19). The summed E-state index contributed by atoms with van der Waals surface area (Å²) in [6.45, 7) is 0.0416. The SMILES string of the molecule is O=C(O)Cc1ccc(C(=O)c2ccccc2)n1CCO. The molecule has 2 N–H and O–H groups in total. The van der Waals surface area contributed by atoms with E-state index in [1.54, 1.807) is 41.0 Å². The van der Waals surface area contributed by atoms with Crippen LogP contribution in [-0.2, 0) is 17.8 Å². The lowest BCUT2D eigenvalue weighted by Crippen LogP contribution is -2.16. The smallest absolute Gasteiger partial charge is 0.309 e. The Morgan fingerprint density at radius 2 is 1.75 bits per heavy atom. The van der Waals surface area contributed by atoms with Gasteiger partial charge in [0.1, 0.15) is 0 Å². The van der Waals surface area contributed by atoms with Crippen molar-refractivity contribution in [1.29, 1.82) is 0 Å². The zero-order valence-electron chi connectivity index (χ0n) is 10.8. The summed E-state index contributed by atoms with van der Waals surface area (Å²) in [6, 6.07) is 12.0. The summed E-state index contributed by atoms with van der Waals surface area (Å²) in [6.07, 6.45) is -0.179. The summed E-state index contributed by atoms with van der Waals surface area (Å²) in [5.74, 6) is -1.16. The van der Waals surface area contributed by atoms with Crippen LogP contribution in [0.2, 0.25) is 0 Å². The highest BCUT2D eigenvalue weighted by molar-refractivity contribution is 6.08. The molecule has 0 amide bonds. The Morgan fingerprint density at radius 1 is 1.05 bits per heavy atom. The molecular weight excluding hydrogens is 258 g/mol. The summed E-state index contributed by atoms with van der Waals surface area (Å²) in [5, 5.41) is 18.0. The van der Waals surface area contributed by atoms with Crippen LogP contribution in [-0.4, -0.2) is 33.1 Å². The van der Waals surface area contributed by atoms with Gasteiger partial charge < -0.3 is 14.8 Å². The second-order valence-electron chi connectivity index (χ2n) is 4.35. The number of carboxylic acids is 1. The molecule has 1 aromatic carbocycles. The normalized spacial score (nSPS) is 10.4. The molecule has 5 nitrogen and oxygen atoms in total. The van der Waals surface area contributed by atoms with Crippen molar-refractivity contribution in [3.8, 4) is 0 Å². The van der Waals surface area contributed by atoms with Gasteiger partial charge in [-0.15, -0.1) is 0 Å². The van der Waals surface area contributed by atoms with Gasteiger partial charge in [-0.05, 0) is 12.1 Å². The number of carbonyl (C=O) groups is 2. The van der Waals surface area contributed by atoms with Crippen molar-refractivity contribution >= 4 is 11.8 Å². The first-order valence-corrected chi connectivity index (χ1v) is 6.24. The van der Waals surface area contributed by atoms with Gasteiger partial charge in [0.2, 0.25) is 5.78 Å². The van der Waals surface area contributed by atoms with Crippen LogP contribution in [0.4, 0.5) is 0 Å². The second-order valence-corrected chi connectivity index (χ2v) is 4.35. The third-order valence-corrected chi connectivity index (χ3v) is 3.00. The minimum absolute atomic E-state index is 0.156. The van der Waals surface area contributed by atoms with Gasteiger partial charge in [-0.25, -0.2) is 0 Å². The molecule has 0 aliphatic rings. The summed E-state index contributed by atoms with van der Waals surface area (Å²) in [4.78, 5) is 23.2. The van der Waals surface area contributed by atoms with Crippen LogP contribution in [0.5, 0.6) is 0 Å².